The van der Waals surface area contributed by atoms with E-state index >= 15 is 0 Å². The van der Waals surface area contributed by atoms with Gasteiger partial charge in [-0.25, -0.2) is 0 Å². The van der Waals surface area contributed by atoms with E-state index in [0.29, 0.717) is 16.3 Å². The minimum atomic E-state index is -0.154. The summed E-state index contributed by atoms with van der Waals surface area (Å²) in [6, 6.07) is 11.1. The fraction of sp³-hybridized carbons (Fsp3) is 0.133. The Morgan fingerprint density at radius 3 is 2.50 bits per heavy atom. The molecular weight excluding hydrogens is 358 g/mol. The summed E-state index contributed by atoms with van der Waals surface area (Å²) in [4.78, 5) is 13.3. The Balaban J connectivity index is 2.20. The van der Waals surface area contributed by atoms with Crippen LogP contribution in [0.4, 0.5) is 5.69 Å². The van der Waals surface area contributed by atoms with Gasteiger partial charge in [-0.3, -0.25) is 4.79 Å². The number of hydrogen-bond acceptors (Lipinski definition) is 2. The standard InChI is InChI=1S/C15H13BrClNOS/c1-9-7-12(16)14(8-13(9)17)18-15(19)10-3-5-11(20-2)6-4-10/h3-8H,1-2H3,(H,18,19). The summed E-state index contributed by atoms with van der Waals surface area (Å²) >= 11 is 11.2. The van der Waals surface area contributed by atoms with E-state index in [-0.39, 0.29) is 5.91 Å². The molecule has 2 nitrogen and oxygen atoms in total. The highest BCUT2D eigenvalue weighted by molar-refractivity contribution is 9.10. The molecule has 0 spiro atoms. The van der Waals surface area contributed by atoms with Crippen LogP contribution in [-0.2, 0) is 0 Å². The van der Waals surface area contributed by atoms with Crippen LogP contribution in [0.3, 0.4) is 0 Å². The van der Waals surface area contributed by atoms with E-state index in [4.69, 9.17) is 11.6 Å². The average molecular weight is 371 g/mol. The van der Waals surface area contributed by atoms with Crippen molar-refractivity contribution >= 4 is 50.9 Å². The van der Waals surface area contributed by atoms with Gasteiger partial charge in [0, 0.05) is 20.0 Å². The van der Waals surface area contributed by atoms with Crippen LogP contribution in [0.1, 0.15) is 15.9 Å². The van der Waals surface area contributed by atoms with Gasteiger partial charge in [0.15, 0.2) is 0 Å². The van der Waals surface area contributed by atoms with Crippen molar-refractivity contribution < 1.29 is 4.79 Å². The van der Waals surface area contributed by atoms with Gasteiger partial charge in [-0.15, -0.1) is 11.8 Å². The van der Waals surface area contributed by atoms with Crippen LogP contribution in [0.25, 0.3) is 0 Å². The van der Waals surface area contributed by atoms with Gasteiger partial charge in [0.1, 0.15) is 0 Å². The first-order chi connectivity index (χ1) is 9.51. The molecule has 0 unspecified atom stereocenters. The fourth-order valence-corrected chi connectivity index (χ4v) is 2.81. The Labute approximate surface area is 136 Å². The molecule has 1 N–H and O–H groups in total. The molecule has 0 aromatic heterocycles. The molecule has 0 saturated heterocycles. The Hall–Kier alpha value is -0.970. The molecule has 5 heteroatoms. The van der Waals surface area contributed by atoms with E-state index in [1.165, 1.54) is 0 Å². The predicted octanol–water partition coefficient (Wildman–Crippen LogP) is 5.39. The highest BCUT2D eigenvalue weighted by Gasteiger charge is 2.10. The van der Waals surface area contributed by atoms with E-state index < -0.39 is 0 Å². The SMILES string of the molecule is CSc1ccc(C(=O)Nc2cc(Cl)c(C)cc2Br)cc1. The van der Waals surface area contributed by atoms with Gasteiger partial charge < -0.3 is 5.32 Å². The number of aryl methyl sites for hydroxylation is 1. The summed E-state index contributed by atoms with van der Waals surface area (Å²) in [5.41, 5.74) is 2.24. The van der Waals surface area contributed by atoms with E-state index in [9.17, 15) is 4.79 Å². The number of carbonyl (C=O) groups is 1. The maximum absolute atomic E-state index is 12.2. The third-order valence-corrected chi connectivity index (χ3v) is 4.66. The molecule has 0 aliphatic heterocycles. The highest BCUT2D eigenvalue weighted by atomic mass is 79.9. The molecule has 0 fully saturated rings. The second-order valence-corrected chi connectivity index (χ2v) is 6.41. The minimum Gasteiger partial charge on any atom is -0.321 e. The van der Waals surface area contributed by atoms with Gasteiger partial charge in [0.2, 0.25) is 0 Å². The highest BCUT2D eigenvalue weighted by Crippen LogP contribution is 2.29. The fourth-order valence-electron chi connectivity index (χ4n) is 1.68. The van der Waals surface area contributed by atoms with Crippen molar-refractivity contribution in [3.63, 3.8) is 0 Å². The van der Waals surface area contributed by atoms with Gasteiger partial charge in [0.05, 0.1) is 5.69 Å². The Morgan fingerprint density at radius 1 is 1.25 bits per heavy atom. The largest absolute Gasteiger partial charge is 0.321 e. The van der Waals surface area contributed by atoms with Gasteiger partial charge in [-0.2, -0.15) is 0 Å². The predicted molar refractivity (Wildman–Crippen MR) is 90.1 cm³/mol. The van der Waals surface area contributed by atoms with Crippen molar-refractivity contribution in [1.29, 1.82) is 0 Å². The van der Waals surface area contributed by atoms with Crippen LogP contribution in [0.2, 0.25) is 5.02 Å². The molecular formula is C15H13BrClNOS. The summed E-state index contributed by atoms with van der Waals surface area (Å²) in [6.07, 6.45) is 2.00. The van der Waals surface area contributed by atoms with Crippen LogP contribution >= 0.6 is 39.3 Å². The third kappa shape index (κ3) is 3.57. The number of rotatable bonds is 3. The first-order valence-corrected chi connectivity index (χ1v) is 8.32. The topological polar surface area (TPSA) is 29.1 Å². The zero-order valence-electron chi connectivity index (χ0n) is 11.0. The van der Waals surface area contributed by atoms with Crippen molar-refractivity contribution in [3.8, 4) is 0 Å². The second kappa shape index (κ2) is 6.66. The van der Waals surface area contributed by atoms with Crippen molar-refractivity contribution in [2.45, 2.75) is 11.8 Å². The number of thioether (sulfide) groups is 1. The smallest absolute Gasteiger partial charge is 0.255 e. The van der Waals surface area contributed by atoms with Crippen molar-refractivity contribution in [2.75, 3.05) is 11.6 Å². The molecule has 0 aliphatic rings. The monoisotopic (exact) mass is 369 g/mol. The number of benzene rings is 2. The van der Waals surface area contributed by atoms with Crippen LogP contribution < -0.4 is 5.32 Å². The normalized spacial score (nSPS) is 10.4. The van der Waals surface area contributed by atoms with Crippen LogP contribution in [-0.4, -0.2) is 12.2 Å². The molecule has 104 valence electrons. The summed E-state index contributed by atoms with van der Waals surface area (Å²) in [6.45, 7) is 1.92. The third-order valence-electron chi connectivity index (χ3n) is 2.85. The lowest BCUT2D eigenvalue weighted by atomic mass is 10.2. The molecule has 20 heavy (non-hydrogen) atoms. The van der Waals surface area contributed by atoms with E-state index in [1.807, 2.05) is 43.5 Å². The molecule has 0 atom stereocenters. The summed E-state index contributed by atoms with van der Waals surface area (Å²) in [5.74, 6) is -0.154. The number of carbonyl (C=O) groups excluding carboxylic acids is 1. The van der Waals surface area contributed by atoms with Crippen LogP contribution in [0, 0.1) is 6.92 Å². The molecule has 1 amide bonds. The molecule has 2 aromatic carbocycles. The molecule has 0 aliphatic carbocycles. The Kier molecular flexibility index (Phi) is 5.13. The van der Waals surface area contributed by atoms with Crippen LogP contribution in [0.15, 0.2) is 45.8 Å². The van der Waals surface area contributed by atoms with Crippen molar-refractivity contribution in [1.82, 2.24) is 0 Å². The maximum atomic E-state index is 12.2. The van der Waals surface area contributed by atoms with Crippen molar-refractivity contribution in [3.05, 3.63) is 57.0 Å². The number of hydrogen-bond donors (Lipinski definition) is 1. The lowest BCUT2D eigenvalue weighted by Gasteiger charge is -2.10. The van der Waals surface area contributed by atoms with E-state index in [1.54, 1.807) is 17.8 Å². The minimum absolute atomic E-state index is 0.154. The second-order valence-electron chi connectivity index (χ2n) is 4.26. The number of amides is 1. The van der Waals surface area contributed by atoms with E-state index in [0.717, 1.165) is 14.9 Å². The number of halogens is 2. The zero-order valence-corrected chi connectivity index (χ0v) is 14.2. The van der Waals surface area contributed by atoms with Crippen molar-refractivity contribution in [2.24, 2.45) is 0 Å². The van der Waals surface area contributed by atoms with Gasteiger partial charge >= 0.3 is 0 Å². The van der Waals surface area contributed by atoms with Gasteiger partial charge in [0.25, 0.3) is 5.91 Å². The molecule has 0 bridgehead atoms. The first-order valence-electron chi connectivity index (χ1n) is 5.92. The zero-order chi connectivity index (χ0) is 14.7. The first kappa shape index (κ1) is 15.4. The molecule has 2 rings (SSSR count). The summed E-state index contributed by atoms with van der Waals surface area (Å²) in [5, 5.41) is 3.48. The van der Waals surface area contributed by atoms with Crippen LogP contribution in [0.5, 0.6) is 0 Å². The Bertz CT molecular complexity index is 643. The lowest BCUT2D eigenvalue weighted by Crippen LogP contribution is -2.12. The van der Waals surface area contributed by atoms with Gasteiger partial charge in [-0.05, 0) is 71.1 Å². The lowest BCUT2D eigenvalue weighted by molar-refractivity contribution is 0.102. The average Bonchev–Trinajstić information content (AvgIpc) is 2.44. The Morgan fingerprint density at radius 2 is 1.90 bits per heavy atom. The summed E-state index contributed by atoms with van der Waals surface area (Å²) in [7, 11) is 0. The molecule has 2 aromatic rings. The summed E-state index contributed by atoms with van der Waals surface area (Å²) < 4.78 is 0.813. The molecule has 0 heterocycles. The molecule has 0 saturated carbocycles. The van der Waals surface area contributed by atoms with E-state index in [2.05, 4.69) is 21.2 Å². The maximum Gasteiger partial charge on any atom is 0.255 e. The quantitative estimate of drug-likeness (QED) is 0.734. The number of anilines is 1. The molecule has 0 radical (unpaired) electrons. The van der Waals surface area contributed by atoms with Gasteiger partial charge in [-0.1, -0.05) is 11.6 Å². The number of nitrogens with one attached hydrogen (secondary N) is 1.